The second-order valence-corrected chi connectivity index (χ2v) is 7.43. The molecule has 0 spiro atoms. The first-order valence-corrected chi connectivity index (χ1v) is 9.95. The molecule has 3 aromatic rings. The molecular formula is C21H20FN3O3S. The number of hydrogen-bond acceptors (Lipinski definition) is 5. The largest absolute Gasteiger partial charge is 0.431 e. The number of carbonyl (C=O) groups is 2. The second-order valence-electron chi connectivity index (χ2n) is 6.51. The summed E-state index contributed by atoms with van der Waals surface area (Å²) in [6, 6.07) is 12.7. The maximum absolute atomic E-state index is 13.0. The first-order chi connectivity index (χ1) is 13.9. The summed E-state index contributed by atoms with van der Waals surface area (Å²) in [4.78, 5) is 28.7. The Morgan fingerprint density at radius 3 is 2.59 bits per heavy atom. The van der Waals surface area contributed by atoms with E-state index in [-0.39, 0.29) is 29.4 Å². The lowest BCUT2D eigenvalue weighted by Crippen LogP contribution is -2.31. The van der Waals surface area contributed by atoms with Gasteiger partial charge in [0, 0.05) is 11.6 Å². The molecule has 0 saturated heterocycles. The van der Waals surface area contributed by atoms with Crippen LogP contribution in [0, 0.1) is 5.82 Å². The highest BCUT2D eigenvalue weighted by molar-refractivity contribution is 7.99. The van der Waals surface area contributed by atoms with Gasteiger partial charge in [0.2, 0.25) is 5.91 Å². The number of para-hydroxylation sites is 1. The van der Waals surface area contributed by atoms with Crippen molar-refractivity contribution in [2.45, 2.75) is 25.1 Å². The lowest BCUT2D eigenvalue weighted by molar-refractivity contribution is -0.113. The normalized spacial score (nSPS) is 10.8. The fourth-order valence-electron chi connectivity index (χ4n) is 2.52. The number of aromatic nitrogens is 1. The monoisotopic (exact) mass is 413 g/mol. The smallest absolute Gasteiger partial charge is 0.256 e. The number of carbonyl (C=O) groups excluding carboxylic acids is 2. The number of amides is 2. The molecule has 3 rings (SSSR count). The van der Waals surface area contributed by atoms with Crippen LogP contribution in [-0.4, -0.2) is 28.6 Å². The van der Waals surface area contributed by atoms with Crippen molar-refractivity contribution in [2.24, 2.45) is 0 Å². The van der Waals surface area contributed by atoms with E-state index in [0.29, 0.717) is 27.8 Å². The number of benzene rings is 2. The molecule has 6 nitrogen and oxygen atoms in total. The van der Waals surface area contributed by atoms with Crippen LogP contribution in [0.1, 0.15) is 24.2 Å². The Kier molecular flexibility index (Phi) is 6.66. The van der Waals surface area contributed by atoms with Crippen LogP contribution in [0.2, 0.25) is 0 Å². The Morgan fingerprint density at radius 2 is 1.86 bits per heavy atom. The molecule has 2 N–H and O–H groups in total. The van der Waals surface area contributed by atoms with Crippen molar-refractivity contribution in [2.75, 3.05) is 11.1 Å². The zero-order valence-electron chi connectivity index (χ0n) is 15.9. The predicted molar refractivity (Wildman–Crippen MR) is 110 cm³/mol. The van der Waals surface area contributed by atoms with E-state index in [2.05, 4.69) is 15.6 Å². The van der Waals surface area contributed by atoms with Gasteiger partial charge in [-0.05, 0) is 50.2 Å². The summed E-state index contributed by atoms with van der Waals surface area (Å²) in [6.07, 6.45) is 1.53. The van der Waals surface area contributed by atoms with Crippen molar-refractivity contribution in [3.63, 3.8) is 0 Å². The highest BCUT2D eigenvalue weighted by Crippen LogP contribution is 2.26. The minimum absolute atomic E-state index is 0.0119. The number of anilines is 1. The molecule has 2 amide bonds. The number of hydrogen-bond donors (Lipinski definition) is 2. The number of oxazole rings is 1. The molecule has 0 saturated carbocycles. The molecule has 0 fully saturated rings. The van der Waals surface area contributed by atoms with Crippen LogP contribution >= 0.6 is 11.8 Å². The van der Waals surface area contributed by atoms with Crippen LogP contribution in [0.4, 0.5) is 10.1 Å². The first kappa shape index (κ1) is 20.6. The van der Waals surface area contributed by atoms with Crippen LogP contribution in [0.3, 0.4) is 0 Å². The van der Waals surface area contributed by atoms with Crippen LogP contribution in [0.5, 0.6) is 0 Å². The maximum atomic E-state index is 13.0. The summed E-state index contributed by atoms with van der Waals surface area (Å²) in [6.45, 7) is 3.73. The van der Waals surface area contributed by atoms with Gasteiger partial charge in [0.25, 0.3) is 11.1 Å². The van der Waals surface area contributed by atoms with Gasteiger partial charge < -0.3 is 15.1 Å². The summed E-state index contributed by atoms with van der Waals surface area (Å²) in [5.41, 5.74) is 1.53. The maximum Gasteiger partial charge on any atom is 0.256 e. The van der Waals surface area contributed by atoms with E-state index in [1.165, 1.54) is 18.3 Å². The van der Waals surface area contributed by atoms with Gasteiger partial charge in [-0.15, -0.1) is 0 Å². The van der Waals surface area contributed by atoms with E-state index in [4.69, 9.17) is 4.42 Å². The van der Waals surface area contributed by atoms with Gasteiger partial charge >= 0.3 is 0 Å². The molecule has 0 aliphatic rings. The van der Waals surface area contributed by atoms with Gasteiger partial charge in [0.1, 0.15) is 5.82 Å². The Labute approximate surface area is 171 Å². The summed E-state index contributed by atoms with van der Waals surface area (Å²) in [5, 5.41) is 5.88. The van der Waals surface area contributed by atoms with E-state index in [1.54, 1.807) is 36.4 Å². The average Bonchev–Trinajstić information content (AvgIpc) is 3.16. The molecule has 29 heavy (non-hydrogen) atoms. The highest BCUT2D eigenvalue weighted by atomic mass is 32.2. The van der Waals surface area contributed by atoms with Crippen LogP contribution in [0.15, 0.2) is 64.4 Å². The molecule has 0 aliphatic carbocycles. The molecule has 0 unspecified atom stereocenters. The van der Waals surface area contributed by atoms with Gasteiger partial charge in [-0.1, -0.05) is 23.9 Å². The molecule has 0 radical (unpaired) electrons. The first-order valence-electron chi connectivity index (χ1n) is 8.96. The highest BCUT2D eigenvalue weighted by Gasteiger charge is 2.15. The van der Waals surface area contributed by atoms with Crippen molar-refractivity contribution in [1.29, 1.82) is 0 Å². The zero-order valence-corrected chi connectivity index (χ0v) is 16.8. The molecule has 1 aromatic heterocycles. The minimum atomic E-state index is -0.332. The summed E-state index contributed by atoms with van der Waals surface area (Å²) in [5.74, 6) is -0.323. The molecule has 0 aliphatic heterocycles. The zero-order chi connectivity index (χ0) is 20.8. The molecule has 1 heterocycles. The quantitative estimate of drug-likeness (QED) is 0.563. The molecule has 8 heteroatoms. The van der Waals surface area contributed by atoms with E-state index < -0.39 is 0 Å². The molecular weight excluding hydrogens is 393 g/mol. The summed E-state index contributed by atoms with van der Waals surface area (Å²) in [7, 11) is 0. The molecule has 0 atom stereocenters. The van der Waals surface area contributed by atoms with Gasteiger partial charge in [-0.2, -0.15) is 0 Å². The molecule has 150 valence electrons. The van der Waals surface area contributed by atoms with Crippen molar-refractivity contribution in [1.82, 2.24) is 10.3 Å². The van der Waals surface area contributed by atoms with Crippen LogP contribution < -0.4 is 10.6 Å². The Balaban J connectivity index is 1.60. The minimum Gasteiger partial charge on any atom is -0.431 e. The number of thioether (sulfide) groups is 1. The van der Waals surface area contributed by atoms with E-state index in [0.717, 1.165) is 11.8 Å². The summed E-state index contributed by atoms with van der Waals surface area (Å²) >= 11 is 1.13. The van der Waals surface area contributed by atoms with E-state index in [1.807, 2.05) is 13.8 Å². The lowest BCUT2D eigenvalue weighted by atomic mass is 10.1. The third-order valence-corrected chi connectivity index (χ3v) is 4.65. The Hall–Kier alpha value is -3.13. The topological polar surface area (TPSA) is 84.2 Å². The van der Waals surface area contributed by atoms with Crippen molar-refractivity contribution >= 4 is 29.3 Å². The van der Waals surface area contributed by atoms with E-state index in [9.17, 15) is 14.0 Å². The van der Waals surface area contributed by atoms with Crippen molar-refractivity contribution < 1.29 is 18.4 Å². The number of nitrogens with one attached hydrogen (secondary N) is 2. The fraction of sp³-hybridized carbons (Fsp3) is 0.190. The van der Waals surface area contributed by atoms with Gasteiger partial charge in [0.05, 0.1) is 23.2 Å². The van der Waals surface area contributed by atoms with Gasteiger partial charge in [0.15, 0.2) is 5.76 Å². The standard InChI is InChI=1S/C21H20FN3O3S/c1-13(2)24-20(27)16-5-3-4-6-17(16)25-19(26)12-29-21-23-11-18(28-21)14-7-9-15(22)10-8-14/h3-11,13H,12H2,1-2H3,(H,24,27)(H,25,26). The third kappa shape index (κ3) is 5.68. The molecule has 0 bridgehead atoms. The average molecular weight is 413 g/mol. The number of halogens is 1. The summed E-state index contributed by atoms with van der Waals surface area (Å²) < 4.78 is 18.6. The van der Waals surface area contributed by atoms with Crippen LogP contribution in [-0.2, 0) is 4.79 Å². The number of nitrogens with zero attached hydrogens (tertiary/aromatic N) is 1. The van der Waals surface area contributed by atoms with Gasteiger partial charge in [-0.25, -0.2) is 9.37 Å². The Morgan fingerprint density at radius 1 is 1.14 bits per heavy atom. The lowest BCUT2D eigenvalue weighted by Gasteiger charge is -2.12. The number of rotatable bonds is 7. The Bertz CT molecular complexity index is 1000. The van der Waals surface area contributed by atoms with E-state index >= 15 is 0 Å². The SMILES string of the molecule is CC(C)NC(=O)c1ccccc1NC(=O)CSc1ncc(-c2ccc(F)cc2)o1. The third-order valence-electron chi connectivity index (χ3n) is 3.81. The molecule has 2 aromatic carbocycles. The van der Waals surface area contributed by atoms with Crippen molar-refractivity contribution in [3.8, 4) is 11.3 Å². The predicted octanol–water partition coefficient (Wildman–Crippen LogP) is 4.35. The fourth-order valence-corrected chi connectivity index (χ4v) is 3.12. The van der Waals surface area contributed by atoms with Gasteiger partial charge in [-0.3, -0.25) is 9.59 Å². The van der Waals surface area contributed by atoms with Crippen molar-refractivity contribution in [3.05, 3.63) is 66.1 Å². The van der Waals surface area contributed by atoms with Crippen LogP contribution in [0.25, 0.3) is 11.3 Å². The second kappa shape index (κ2) is 9.38.